The Morgan fingerprint density at radius 1 is 1.11 bits per heavy atom. The van der Waals surface area contributed by atoms with Gasteiger partial charge >= 0.3 is 0 Å². The number of carbonyl (C=O) groups is 1. The number of hydrogen-bond acceptors (Lipinski definition) is 5. The van der Waals surface area contributed by atoms with Crippen molar-refractivity contribution in [1.82, 2.24) is 14.9 Å². The van der Waals surface area contributed by atoms with Gasteiger partial charge in [0.05, 0.1) is 19.2 Å². The molecule has 4 rings (SSSR count). The summed E-state index contributed by atoms with van der Waals surface area (Å²) in [5.41, 5.74) is 3.39. The number of methoxy groups -OCH3 is 1. The molecule has 1 aliphatic rings. The highest BCUT2D eigenvalue weighted by molar-refractivity contribution is 5.98. The molecule has 3 aromatic rings. The molecule has 136 valence electrons. The number of hydrogen-bond donors (Lipinski definition) is 0. The maximum atomic E-state index is 13.0. The van der Waals surface area contributed by atoms with E-state index >= 15 is 0 Å². The summed E-state index contributed by atoms with van der Waals surface area (Å²) in [5, 5.41) is 0. The Morgan fingerprint density at radius 3 is 2.78 bits per heavy atom. The van der Waals surface area contributed by atoms with Crippen LogP contribution in [0.4, 0.5) is 0 Å². The summed E-state index contributed by atoms with van der Waals surface area (Å²) in [6, 6.07) is 13.3. The molecule has 0 aliphatic carbocycles. The van der Waals surface area contributed by atoms with Crippen LogP contribution >= 0.6 is 0 Å². The first kappa shape index (κ1) is 17.0. The fourth-order valence-corrected chi connectivity index (χ4v) is 3.13. The average molecular weight is 361 g/mol. The highest BCUT2D eigenvalue weighted by Crippen LogP contribution is 2.29. The summed E-state index contributed by atoms with van der Waals surface area (Å²) in [7, 11) is 1.63. The van der Waals surface area contributed by atoms with Crippen LogP contribution in [-0.2, 0) is 6.54 Å². The molecule has 0 saturated carbocycles. The minimum absolute atomic E-state index is 0.0406. The van der Waals surface area contributed by atoms with E-state index in [-0.39, 0.29) is 5.91 Å². The van der Waals surface area contributed by atoms with Gasteiger partial charge in [-0.05, 0) is 35.4 Å². The topological polar surface area (TPSA) is 64.6 Å². The van der Waals surface area contributed by atoms with Crippen molar-refractivity contribution < 1.29 is 14.3 Å². The molecule has 0 saturated heterocycles. The summed E-state index contributed by atoms with van der Waals surface area (Å²) in [6.07, 6.45) is 4.97. The minimum Gasteiger partial charge on any atom is -0.497 e. The zero-order chi connectivity index (χ0) is 18.6. The second-order valence-electron chi connectivity index (χ2n) is 6.26. The van der Waals surface area contributed by atoms with Crippen LogP contribution in [0.25, 0.3) is 11.1 Å². The average Bonchev–Trinajstić information content (AvgIpc) is 2.87. The van der Waals surface area contributed by atoms with Crippen molar-refractivity contribution in [3.8, 4) is 22.6 Å². The molecule has 0 unspecified atom stereocenters. The van der Waals surface area contributed by atoms with Gasteiger partial charge in [-0.1, -0.05) is 18.2 Å². The molecule has 1 aliphatic heterocycles. The van der Waals surface area contributed by atoms with E-state index in [9.17, 15) is 4.79 Å². The lowest BCUT2D eigenvalue weighted by atomic mass is 10.0. The van der Waals surface area contributed by atoms with Crippen molar-refractivity contribution in [2.24, 2.45) is 0 Å². The van der Waals surface area contributed by atoms with E-state index in [1.165, 1.54) is 6.33 Å². The zero-order valence-electron chi connectivity index (χ0n) is 15.0. The molecular formula is C21H19N3O3. The van der Waals surface area contributed by atoms with Crippen LogP contribution in [0, 0.1) is 0 Å². The Hall–Kier alpha value is -3.41. The zero-order valence-corrected chi connectivity index (χ0v) is 15.0. The summed E-state index contributed by atoms with van der Waals surface area (Å²) in [6.45, 7) is 1.47. The molecule has 6 heteroatoms. The van der Waals surface area contributed by atoms with Gasteiger partial charge in [-0.3, -0.25) is 4.79 Å². The largest absolute Gasteiger partial charge is 0.497 e. The fourth-order valence-electron chi connectivity index (χ4n) is 3.13. The Balaban J connectivity index is 1.60. The van der Waals surface area contributed by atoms with E-state index in [1.54, 1.807) is 24.4 Å². The summed E-state index contributed by atoms with van der Waals surface area (Å²) in [4.78, 5) is 22.9. The van der Waals surface area contributed by atoms with Crippen LogP contribution in [0.1, 0.15) is 15.9 Å². The molecule has 0 radical (unpaired) electrons. The van der Waals surface area contributed by atoms with Crippen LogP contribution < -0.4 is 9.47 Å². The minimum atomic E-state index is -0.0406. The van der Waals surface area contributed by atoms with Crippen molar-refractivity contribution in [3.63, 3.8) is 0 Å². The maximum absolute atomic E-state index is 13.0. The number of nitrogens with zero attached hydrogens (tertiary/aromatic N) is 3. The molecular weight excluding hydrogens is 342 g/mol. The van der Waals surface area contributed by atoms with Crippen LogP contribution in [-0.4, -0.2) is 41.0 Å². The molecule has 0 bridgehead atoms. The van der Waals surface area contributed by atoms with Gasteiger partial charge in [-0.15, -0.1) is 0 Å². The summed E-state index contributed by atoms with van der Waals surface area (Å²) in [5.74, 6) is 1.33. The van der Waals surface area contributed by atoms with Gasteiger partial charge in [0, 0.05) is 24.5 Å². The van der Waals surface area contributed by atoms with Crippen LogP contribution in [0.2, 0.25) is 0 Å². The lowest BCUT2D eigenvalue weighted by Gasteiger charge is -2.20. The van der Waals surface area contributed by atoms with Gasteiger partial charge in [-0.25, -0.2) is 9.97 Å². The molecule has 0 spiro atoms. The lowest BCUT2D eigenvalue weighted by molar-refractivity contribution is 0.0743. The summed E-state index contributed by atoms with van der Waals surface area (Å²) >= 11 is 0. The Kier molecular flexibility index (Phi) is 4.70. The van der Waals surface area contributed by atoms with Crippen LogP contribution in [0.5, 0.6) is 11.5 Å². The van der Waals surface area contributed by atoms with E-state index in [2.05, 4.69) is 9.97 Å². The molecule has 2 aromatic carbocycles. The highest BCUT2D eigenvalue weighted by Gasteiger charge is 2.24. The third-order valence-corrected chi connectivity index (χ3v) is 4.52. The van der Waals surface area contributed by atoms with Crippen LogP contribution in [0.15, 0.2) is 61.2 Å². The molecule has 0 atom stereocenters. The van der Waals surface area contributed by atoms with Crippen molar-refractivity contribution in [2.45, 2.75) is 6.54 Å². The van der Waals surface area contributed by atoms with Crippen molar-refractivity contribution in [1.29, 1.82) is 0 Å². The predicted octanol–water partition coefficient (Wildman–Crippen LogP) is 3.19. The third-order valence-electron chi connectivity index (χ3n) is 4.52. The first-order valence-corrected chi connectivity index (χ1v) is 8.69. The SMILES string of the molecule is COc1cccc(CN2CCOc3cc(-c4cncnc4)ccc3C2=O)c1. The Bertz CT molecular complexity index is 960. The molecule has 0 N–H and O–H groups in total. The number of fused-ring (bicyclic) bond motifs is 1. The quantitative estimate of drug-likeness (QED) is 0.714. The van der Waals surface area contributed by atoms with Gasteiger partial charge in [0.25, 0.3) is 5.91 Å². The fraction of sp³-hybridized carbons (Fsp3) is 0.190. The van der Waals surface area contributed by atoms with Gasteiger partial charge in [-0.2, -0.15) is 0 Å². The van der Waals surface area contributed by atoms with Crippen molar-refractivity contribution in [2.75, 3.05) is 20.3 Å². The van der Waals surface area contributed by atoms with Crippen LogP contribution in [0.3, 0.4) is 0 Å². The molecule has 1 amide bonds. The lowest BCUT2D eigenvalue weighted by Crippen LogP contribution is -2.31. The second-order valence-corrected chi connectivity index (χ2v) is 6.26. The molecule has 6 nitrogen and oxygen atoms in total. The van der Waals surface area contributed by atoms with E-state index in [4.69, 9.17) is 9.47 Å². The predicted molar refractivity (Wildman–Crippen MR) is 101 cm³/mol. The number of ether oxygens (including phenoxy) is 2. The van der Waals surface area contributed by atoms with E-state index in [0.29, 0.717) is 31.0 Å². The number of benzene rings is 2. The second kappa shape index (κ2) is 7.45. The van der Waals surface area contributed by atoms with Gasteiger partial charge in [0.1, 0.15) is 24.4 Å². The number of aromatic nitrogens is 2. The van der Waals surface area contributed by atoms with Gasteiger partial charge < -0.3 is 14.4 Å². The highest BCUT2D eigenvalue weighted by atomic mass is 16.5. The first-order valence-electron chi connectivity index (χ1n) is 8.69. The standard InChI is InChI=1S/C21H19N3O3/c1-26-18-4-2-3-15(9-18)13-24-7-8-27-20-10-16(5-6-19(20)21(24)25)17-11-22-14-23-12-17/h2-6,9-12,14H,7-8,13H2,1H3. The Labute approximate surface area is 157 Å². The van der Waals surface area contributed by atoms with E-state index in [0.717, 1.165) is 22.4 Å². The number of rotatable bonds is 4. The van der Waals surface area contributed by atoms with Crippen molar-refractivity contribution in [3.05, 3.63) is 72.3 Å². The number of amides is 1. The van der Waals surface area contributed by atoms with Gasteiger partial charge in [0.15, 0.2) is 0 Å². The molecule has 0 fully saturated rings. The molecule has 27 heavy (non-hydrogen) atoms. The van der Waals surface area contributed by atoms with Gasteiger partial charge in [0.2, 0.25) is 0 Å². The normalized spacial score (nSPS) is 13.5. The maximum Gasteiger partial charge on any atom is 0.258 e. The Morgan fingerprint density at radius 2 is 1.96 bits per heavy atom. The smallest absolute Gasteiger partial charge is 0.258 e. The monoisotopic (exact) mass is 361 g/mol. The molecule has 2 heterocycles. The summed E-state index contributed by atoms with van der Waals surface area (Å²) < 4.78 is 11.1. The first-order chi connectivity index (χ1) is 13.2. The third kappa shape index (κ3) is 3.60. The number of carbonyl (C=O) groups excluding carboxylic acids is 1. The van der Waals surface area contributed by atoms with Crippen molar-refractivity contribution >= 4 is 5.91 Å². The van der Waals surface area contributed by atoms with E-state index < -0.39 is 0 Å². The molecule has 1 aromatic heterocycles. The van der Waals surface area contributed by atoms with E-state index in [1.807, 2.05) is 42.5 Å².